The van der Waals surface area contributed by atoms with Gasteiger partial charge in [0, 0.05) is 10.2 Å². The van der Waals surface area contributed by atoms with Crippen LogP contribution in [0.3, 0.4) is 0 Å². The third-order valence-corrected chi connectivity index (χ3v) is 3.13. The second-order valence-corrected chi connectivity index (χ2v) is 4.13. The van der Waals surface area contributed by atoms with Gasteiger partial charge in [0.2, 0.25) is 0 Å². The Morgan fingerprint density at radius 1 is 0.857 bits per heavy atom. The largest absolute Gasteiger partial charge is 0.0836 e. The maximum Gasteiger partial charge on any atom is 0.0490 e. The molecule has 0 heterocycles. The van der Waals surface area contributed by atoms with Gasteiger partial charge in [-0.2, -0.15) is 0 Å². The zero-order valence-electron chi connectivity index (χ0n) is 7.84. The predicted molar refractivity (Wildman–Crippen MR) is 58.0 cm³/mol. The second kappa shape index (κ2) is 2.61. The highest BCUT2D eigenvalue weighted by atomic mass is 35.5. The molecule has 4 aliphatic carbocycles. The van der Waals surface area contributed by atoms with E-state index in [1.165, 1.54) is 21.2 Å². The summed E-state index contributed by atoms with van der Waals surface area (Å²) in [5.41, 5.74) is 1.32. The molecule has 0 amide bonds. The minimum atomic E-state index is 0.850. The van der Waals surface area contributed by atoms with E-state index < -0.39 is 0 Å². The van der Waals surface area contributed by atoms with Crippen LogP contribution in [0.4, 0.5) is 0 Å². The summed E-state index contributed by atoms with van der Waals surface area (Å²) in [5.74, 6) is 0. The fraction of sp³-hybridized carbons (Fsp3) is 0.0769. The summed E-state index contributed by atoms with van der Waals surface area (Å²) in [6, 6.07) is 12.8. The van der Waals surface area contributed by atoms with Gasteiger partial charge < -0.3 is 0 Å². The maximum atomic E-state index is 6.19. The SMILES string of the molecule is Cc1cc2ccc1=c1ccc=2c(Cl)c1. The van der Waals surface area contributed by atoms with Crippen LogP contribution in [0.1, 0.15) is 5.56 Å². The van der Waals surface area contributed by atoms with Gasteiger partial charge in [0.05, 0.1) is 0 Å². The second-order valence-electron chi connectivity index (χ2n) is 3.72. The molecule has 1 heteroatoms. The molecule has 0 radical (unpaired) electrons. The Morgan fingerprint density at radius 3 is 2.14 bits per heavy atom. The molecular formula is C13H9Cl. The van der Waals surface area contributed by atoms with Crippen LogP contribution in [0, 0.1) is 27.8 Å². The van der Waals surface area contributed by atoms with E-state index in [1.807, 2.05) is 6.07 Å². The molecule has 0 aromatic heterocycles. The minimum Gasteiger partial charge on any atom is -0.0836 e. The van der Waals surface area contributed by atoms with Gasteiger partial charge in [0.1, 0.15) is 0 Å². The molecule has 0 fully saturated rings. The van der Waals surface area contributed by atoms with Crippen molar-refractivity contribution >= 4 is 11.6 Å². The van der Waals surface area contributed by atoms with Crippen LogP contribution in [0.5, 0.6) is 0 Å². The first kappa shape index (κ1) is 8.07. The summed E-state index contributed by atoms with van der Waals surface area (Å²) in [7, 11) is 0. The predicted octanol–water partition coefficient (Wildman–Crippen LogP) is 3.54. The molecule has 0 saturated carbocycles. The van der Waals surface area contributed by atoms with E-state index in [-0.39, 0.29) is 0 Å². The van der Waals surface area contributed by atoms with Gasteiger partial charge in [-0.3, -0.25) is 0 Å². The lowest BCUT2D eigenvalue weighted by Crippen LogP contribution is -1.86. The van der Waals surface area contributed by atoms with Crippen molar-refractivity contribution in [2.75, 3.05) is 0 Å². The van der Waals surface area contributed by atoms with Gasteiger partial charge in [-0.15, -0.1) is 0 Å². The first-order chi connectivity index (χ1) is 6.75. The fourth-order valence-corrected chi connectivity index (χ4v) is 2.36. The van der Waals surface area contributed by atoms with Crippen molar-refractivity contribution in [2.45, 2.75) is 6.92 Å². The first-order valence-corrected chi connectivity index (χ1v) is 5.04. The van der Waals surface area contributed by atoms with Crippen LogP contribution in [0.15, 0.2) is 36.4 Å². The lowest BCUT2D eigenvalue weighted by atomic mass is 10.0. The summed E-state index contributed by atoms with van der Waals surface area (Å²) >= 11 is 6.19. The number of hydrogen-bond donors (Lipinski definition) is 0. The number of aryl methyl sites for hydroxylation is 1. The average Bonchev–Trinajstić information content (AvgIpc) is 2.13. The molecule has 4 aliphatic rings. The molecule has 0 saturated heterocycles. The zero-order valence-corrected chi connectivity index (χ0v) is 8.60. The molecule has 0 aliphatic heterocycles. The van der Waals surface area contributed by atoms with Crippen molar-refractivity contribution < 1.29 is 0 Å². The van der Waals surface area contributed by atoms with E-state index in [0.717, 1.165) is 10.2 Å². The molecule has 0 N–H and O–H groups in total. The number of halogens is 1. The minimum absolute atomic E-state index is 0.850. The van der Waals surface area contributed by atoms with Crippen molar-refractivity contribution in [2.24, 2.45) is 0 Å². The lowest BCUT2D eigenvalue weighted by molar-refractivity contribution is 1.30. The van der Waals surface area contributed by atoms with Crippen LogP contribution in [0.2, 0.25) is 5.02 Å². The van der Waals surface area contributed by atoms with Crippen molar-refractivity contribution in [3.63, 3.8) is 0 Å². The quantitative estimate of drug-likeness (QED) is 0.521. The number of benzene rings is 2. The maximum absolute atomic E-state index is 6.19. The summed E-state index contributed by atoms with van der Waals surface area (Å²) in [6.45, 7) is 2.14. The zero-order chi connectivity index (χ0) is 9.71. The smallest absolute Gasteiger partial charge is 0.0490 e. The number of rotatable bonds is 0. The molecule has 2 aromatic carbocycles. The normalized spacial score (nSPS) is 11.6. The monoisotopic (exact) mass is 200 g/mol. The van der Waals surface area contributed by atoms with Gasteiger partial charge in [-0.1, -0.05) is 41.9 Å². The molecular weight excluding hydrogens is 192 g/mol. The molecule has 0 nitrogen and oxygen atoms in total. The molecule has 0 unspecified atom stereocenters. The van der Waals surface area contributed by atoms with E-state index in [1.54, 1.807) is 0 Å². The van der Waals surface area contributed by atoms with Crippen molar-refractivity contribution in [3.8, 4) is 0 Å². The van der Waals surface area contributed by atoms with Crippen LogP contribution in [0.25, 0.3) is 0 Å². The standard InChI is InChI=1S/C13H9Cl/c1-8-6-9-2-4-11(8)10-3-5-12(9)13(14)7-10/h2-7H,1H3. The van der Waals surface area contributed by atoms with Crippen molar-refractivity contribution in [1.29, 1.82) is 0 Å². The van der Waals surface area contributed by atoms with Gasteiger partial charge in [0.15, 0.2) is 0 Å². The average molecular weight is 201 g/mol. The van der Waals surface area contributed by atoms with E-state index in [2.05, 4.69) is 37.3 Å². The van der Waals surface area contributed by atoms with Gasteiger partial charge >= 0.3 is 0 Å². The highest BCUT2D eigenvalue weighted by molar-refractivity contribution is 6.30. The van der Waals surface area contributed by atoms with Gasteiger partial charge in [-0.05, 0) is 34.2 Å². The Balaban J connectivity index is 2.92. The topological polar surface area (TPSA) is 0 Å². The lowest BCUT2D eigenvalue weighted by Gasteiger charge is -2.03. The van der Waals surface area contributed by atoms with Crippen LogP contribution in [-0.2, 0) is 0 Å². The molecule has 6 rings (SSSR count). The Bertz CT molecular complexity index is 635. The first-order valence-electron chi connectivity index (χ1n) is 4.67. The summed E-state index contributed by atoms with van der Waals surface area (Å²) < 4.78 is 0. The molecule has 0 spiro atoms. The Morgan fingerprint density at radius 2 is 1.50 bits per heavy atom. The third kappa shape index (κ3) is 0.948. The van der Waals surface area contributed by atoms with Crippen molar-refractivity contribution in [3.05, 3.63) is 67.9 Å². The van der Waals surface area contributed by atoms with E-state index in [4.69, 9.17) is 11.6 Å². The van der Waals surface area contributed by atoms with Gasteiger partial charge in [-0.25, -0.2) is 0 Å². The van der Waals surface area contributed by atoms with Crippen LogP contribution >= 0.6 is 11.6 Å². The van der Waals surface area contributed by atoms with E-state index in [9.17, 15) is 0 Å². The molecule has 4 bridgehead atoms. The summed E-state index contributed by atoms with van der Waals surface area (Å²) in [4.78, 5) is 0. The Hall–Kier alpha value is -1.27. The molecule has 2 aromatic rings. The molecule has 0 atom stereocenters. The van der Waals surface area contributed by atoms with Crippen LogP contribution in [-0.4, -0.2) is 0 Å². The summed E-state index contributed by atoms with van der Waals surface area (Å²) in [5, 5.41) is 5.68. The third-order valence-electron chi connectivity index (χ3n) is 2.82. The van der Waals surface area contributed by atoms with Crippen LogP contribution < -0.4 is 0 Å². The number of hydrogen-bond acceptors (Lipinski definition) is 0. The fourth-order valence-electron chi connectivity index (χ4n) is 2.07. The Kier molecular flexibility index (Phi) is 1.51. The highest BCUT2D eigenvalue weighted by Gasteiger charge is 1.99. The van der Waals surface area contributed by atoms with E-state index >= 15 is 0 Å². The van der Waals surface area contributed by atoms with E-state index in [0.29, 0.717) is 0 Å². The van der Waals surface area contributed by atoms with Crippen molar-refractivity contribution in [1.82, 2.24) is 0 Å². The molecule has 14 heavy (non-hydrogen) atoms. The Labute approximate surface area is 86.8 Å². The van der Waals surface area contributed by atoms with Gasteiger partial charge in [0.25, 0.3) is 0 Å². The summed E-state index contributed by atoms with van der Waals surface area (Å²) in [6.07, 6.45) is 0. The highest BCUT2D eigenvalue weighted by Crippen LogP contribution is 2.17. The molecule has 68 valence electrons.